The lowest BCUT2D eigenvalue weighted by atomic mass is 10.2. The molecule has 29 heavy (non-hydrogen) atoms. The molecule has 1 heterocycles. The number of anilines is 4. The number of nitrogen functional groups attached to an aromatic ring is 1. The van der Waals surface area contributed by atoms with E-state index in [9.17, 15) is 13.6 Å². The summed E-state index contributed by atoms with van der Waals surface area (Å²) in [4.78, 5) is 24.4. The van der Waals surface area contributed by atoms with Crippen LogP contribution in [-0.4, -0.2) is 26.6 Å². The zero-order chi connectivity index (χ0) is 20.8. The van der Waals surface area contributed by atoms with Gasteiger partial charge in [0.15, 0.2) is 11.6 Å². The molecule has 3 rings (SSSR count). The molecule has 0 unspecified atom stereocenters. The van der Waals surface area contributed by atoms with Crippen LogP contribution >= 0.6 is 11.8 Å². The van der Waals surface area contributed by atoms with Gasteiger partial charge in [0, 0.05) is 17.4 Å². The third kappa shape index (κ3) is 6.11. The molecule has 0 radical (unpaired) electrons. The van der Waals surface area contributed by atoms with Crippen molar-refractivity contribution in [2.24, 2.45) is 0 Å². The number of thioether (sulfide) groups is 1. The van der Waals surface area contributed by atoms with Gasteiger partial charge in [0.05, 0.1) is 11.5 Å². The molecule has 0 aliphatic heterocycles. The van der Waals surface area contributed by atoms with Crippen LogP contribution in [0.2, 0.25) is 0 Å². The second-order valence-electron chi connectivity index (χ2n) is 6.09. The predicted octanol–water partition coefficient (Wildman–Crippen LogP) is 3.66. The Bertz CT molecular complexity index is 1020. The summed E-state index contributed by atoms with van der Waals surface area (Å²) < 4.78 is 26.1. The zero-order valence-corrected chi connectivity index (χ0v) is 16.3. The van der Waals surface area contributed by atoms with E-state index in [1.807, 2.05) is 31.2 Å². The second-order valence-corrected chi connectivity index (χ2v) is 7.08. The molecule has 0 aliphatic carbocycles. The van der Waals surface area contributed by atoms with Crippen LogP contribution in [-0.2, 0) is 10.5 Å². The van der Waals surface area contributed by atoms with E-state index < -0.39 is 11.6 Å². The van der Waals surface area contributed by atoms with Crippen molar-refractivity contribution in [2.75, 3.05) is 22.1 Å². The van der Waals surface area contributed by atoms with E-state index in [4.69, 9.17) is 5.73 Å². The minimum absolute atomic E-state index is 0.0662. The van der Waals surface area contributed by atoms with Crippen molar-refractivity contribution < 1.29 is 13.6 Å². The minimum Gasteiger partial charge on any atom is -0.368 e. The van der Waals surface area contributed by atoms with E-state index in [1.165, 1.54) is 17.8 Å². The number of nitrogens with two attached hydrogens (primary N) is 1. The molecule has 150 valence electrons. The fourth-order valence-electron chi connectivity index (χ4n) is 2.33. The number of halogens is 2. The van der Waals surface area contributed by atoms with Gasteiger partial charge >= 0.3 is 0 Å². The molecule has 0 atom stereocenters. The molecule has 0 saturated carbocycles. The SMILES string of the molecule is Cc1ccc(Nc2nc(N)nc(CSCC(=O)Nc3ccc(F)c(F)c3)n2)cc1. The van der Waals surface area contributed by atoms with E-state index >= 15 is 0 Å². The lowest BCUT2D eigenvalue weighted by molar-refractivity contribution is -0.113. The zero-order valence-electron chi connectivity index (χ0n) is 15.4. The number of rotatable bonds is 7. The Kier molecular flexibility index (Phi) is 6.55. The normalized spacial score (nSPS) is 10.6. The first kappa shape index (κ1) is 20.5. The lowest BCUT2D eigenvalue weighted by Gasteiger charge is -2.08. The highest BCUT2D eigenvalue weighted by Gasteiger charge is 2.09. The van der Waals surface area contributed by atoms with Crippen molar-refractivity contribution in [2.45, 2.75) is 12.7 Å². The van der Waals surface area contributed by atoms with E-state index in [2.05, 4.69) is 25.6 Å². The Hall–Kier alpha value is -3.27. The smallest absolute Gasteiger partial charge is 0.234 e. The summed E-state index contributed by atoms with van der Waals surface area (Å²) in [5.41, 5.74) is 7.86. The number of carbonyl (C=O) groups is 1. The molecular formula is C19H18F2N6OS. The largest absolute Gasteiger partial charge is 0.368 e. The molecule has 10 heteroatoms. The predicted molar refractivity (Wildman–Crippen MR) is 110 cm³/mol. The van der Waals surface area contributed by atoms with Gasteiger partial charge in [0.1, 0.15) is 5.82 Å². The number of nitrogens with one attached hydrogen (secondary N) is 2. The van der Waals surface area contributed by atoms with Crippen molar-refractivity contribution in [3.8, 4) is 0 Å². The summed E-state index contributed by atoms with van der Waals surface area (Å²) in [6.07, 6.45) is 0. The topological polar surface area (TPSA) is 106 Å². The molecule has 0 fully saturated rings. The molecule has 0 aliphatic rings. The van der Waals surface area contributed by atoms with E-state index in [-0.39, 0.29) is 23.3 Å². The van der Waals surface area contributed by atoms with Gasteiger partial charge in [-0.3, -0.25) is 4.79 Å². The average molecular weight is 416 g/mol. The quantitative estimate of drug-likeness (QED) is 0.540. The number of benzene rings is 2. The summed E-state index contributed by atoms with van der Waals surface area (Å²) in [5.74, 6) is -1.17. The van der Waals surface area contributed by atoms with Gasteiger partial charge in [-0.1, -0.05) is 17.7 Å². The summed E-state index contributed by atoms with van der Waals surface area (Å²) in [7, 11) is 0. The van der Waals surface area contributed by atoms with Crippen LogP contribution in [0.1, 0.15) is 11.4 Å². The van der Waals surface area contributed by atoms with Gasteiger partial charge in [0.2, 0.25) is 17.8 Å². The van der Waals surface area contributed by atoms with Crippen LogP contribution < -0.4 is 16.4 Å². The summed E-state index contributed by atoms with van der Waals surface area (Å²) in [6.45, 7) is 1.99. The van der Waals surface area contributed by atoms with Crippen LogP contribution in [0.4, 0.5) is 32.1 Å². The first-order chi connectivity index (χ1) is 13.9. The molecule has 2 aromatic carbocycles. The van der Waals surface area contributed by atoms with Crippen LogP contribution in [0.15, 0.2) is 42.5 Å². The van der Waals surface area contributed by atoms with E-state index in [0.717, 1.165) is 23.4 Å². The van der Waals surface area contributed by atoms with Gasteiger partial charge in [-0.25, -0.2) is 8.78 Å². The molecule has 0 bridgehead atoms. The molecule has 3 aromatic rings. The van der Waals surface area contributed by atoms with Gasteiger partial charge in [-0.2, -0.15) is 15.0 Å². The number of hydrogen-bond acceptors (Lipinski definition) is 7. The molecule has 1 amide bonds. The van der Waals surface area contributed by atoms with E-state index in [0.29, 0.717) is 17.5 Å². The maximum Gasteiger partial charge on any atom is 0.234 e. The Labute approximate surface area is 170 Å². The van der Waals surface area contributed by atoms with Gasteiger partial charge < -0.3 is 16.4 Å². The van der Waals surface area contributed by atoms with Gasteiger partial charge in [-0.15, -0.1) is 11.8 Å². The highest BCUT2D eigenvalue weighted by atomic mass is 32.2. The Morgan fingerprint density at radius 1 is 1.03 bits per heavy atom. The molecule has 0 saturated heterocycles. The van der Waals surface area contributed by atoms with E-state index in [1.54, 1.807) is 0 Å². The fourth-order valence-corrected chi connectivity index (χ4v) is 3.00. The Balaban J connectivity index is 1.54. The number of carbonyl (C=O) groups excluding carboxylic acids is 1. The summed E-state index contributed by atoms with van der Waals surface area (Å²) in [6, 6.07) is 10.9. The average Bonchev–Trinajstić information content (AvgIpc) is 2.66. The number of hydrogen-bond donors (Lipinski definition) is 3. The third-order valence-corrected chi connectivity index (χ3v) is 4.60. The third-order valence-electron chi connectivity index (χ3n) is 3.67. The minimum atomic E-state index is -1.02. The number of nitrogens with zero attached hydrogens (tertiary/aromatic N) is 3. The van der Waals surface area contributed by atoms with Crippen molar-refractivity contribution in [1.29, 1.82) is 0 Å². The van der Waals surface area contributed by atoms with Crippen molar-refractivity contribution in [1.82, 2.24) is 15.0 Å². The van der Waals surface area contributed by atoms with Crippen LogP contribution in [0.25, 0.3) is 0 Å². The Morgan fingerprint density at radius 2 is 1.76 bits per heavy atom. The van der Waals surface area contributed by atoms with Crippen LogP contribution in [0, 0.1) is 18.6 Å². The van der Waals surface area contributed by atoms with Crippen molar-refractivity contribution >= 4 is 40.9 Å². The first-order valence-electron chi connectivity index (χ1n) is 8.56. The van der Waals surface area contributed by atoms with Crippen molar-refractivity contribution in [3.05, 3.63) is 65.5 Å². The van der Waals surface area contributed by atoms with Crippen LogP contribution in [0.3, 0.4) is 0 Å². The molecule has 7 nitrogen and oxygen atoms in total. The van der Waals surface area contributed by atoms with Gasteiger partial charge in [-0.05, 0) is 31.2 Å². The maximum atomic E-state index is 13.2. The lowest BCUT2D eigenvalue weighted by Crippen LogP contribution is -2.15. The monoisotopic (exact) mass is 416 g/mol. The highest BCUT2D eigenvalue weighted by molar-refractivity contribution is 7.99. The number of aryl methyl sites for hydroxylation is 1. The Morgan fingerprint density at radius 3 is 2.48 bits per heavy atom. The first-order valence-corrected chi connectivity index (χ1v) is 9.71. The molecule has 0 spiro atoms. The van der Waals surface area contributed by atoms with Gasteiger partial charge in [0.25, 0.3) is 0 Å². The van der Waals surface area contributed by atoms with Crippen LogP contribution in [0.5, 0.6) is 0 Å². The maximum absolute atomic E-state index is 13.2. The fraction of sp³-hybridized carbons (Fsp3) is 0.158. The van der Waals surface area contributed by atoms with Crippen molar-refractivity contribution in [3.63, 3.8) is 0 Å². The second kappa shape index (κ2) is 9.28. The molecular weight excluding hydrogens is 398 g/mol. The molecule has 4 N–H and O–H groups in total. The highest BCUT2D eigenvalue weighted by Crippen LogP contribution is 2.17. The summed E-state index contributed by atoms with van der Waals surface area (Å²) >= 11 is 1.25. The standard InChI is InChI=1S/C19H18F2N6OS/c1-11-2-4-12(5-3-11)24-19-26-16(25-18(22)27-19)9-29-10-17(28)23-13-6-7-14(20)15(21)8-13/h2-8H,9-10H2,1H3,(H,23,28)(H3,22,24,25,26,27). The number of aromatic nitrogens is 3. The number of amides is 1. The summed E-state index contributed by atoms with van der Waals surface area (Å²) in [5, 5.41) is 5.56. The molecule has 1 aromatic heterocycles.